The van der Waals surface area contributed by atoms with Crippen molar-refractivity contribution >= 4 is 43.6 Å². The van der Waals surface area contributed by atoms with E-state index in [0.29, 0.717) is 6.61 Å². The molecule has 0 saturated carbocycles. The van der Waals surface area contributed by atoms with E-state index in [9.17, 15) is 0 Å². The van der Waals surface area contributed by atoms with E-state index in [4.69, 9.17) is 4.74 Å². The molecule has 10 aromatic rings. The Kier molecular flexibility index (Phi) is 5.56. The summed E-state index contributed by atoms with van der Waals surface area (Å²) in [6, 6.07) is 62.2. The summed E-state index contributed by atoms with van der Waals surface area (Å²) in [6.45, 7) is 0.595. The maximum atomic E-state index is 6.34. The molecule has 3 heteroatoms. The highest BCUT2D eigenvalue weighted by molar-refractivity contribution is 6.18. The predicted octanol–water partition coefficient (Wildman–Crippen LogP) is 12.8. The highest BCUT2D eigenvalue weighted by atomic mass is 16.5. The molecule has 2 aliphatic heterocycles. The van der Waals surface area contributed by atoms with Crippen LogP contribution < -0.4 is 4.74 Å². The number of aromatic nitrogens is 2. The molecule has 0 amide bonds. The van der Waals surface area contributed by atoms with Crippen LogP contribution in [0.1, 0.15) is 5.56 Å². The number of ether oxygens (including phenoxy) is 1. The molecule has 0 atom stereocenters. The number of nitrogens with zero attached hydrogens (tertiary/aromatic N) is 2. The number of benzene rings is 8. The largest absolute Gasteiger partial charge is 0.488 e. The van der Waals surface area contributed by atoms with Crippen LogP contribution in [0.25, 0.3) is 99.5 Å². The Morgan fingerprint density at radius 3 is 1.94 bits per heavy atom. The third-order valence-electron chi connectivity index (χ3n) is 11.3. The number of para-hydroxylation sites is 2. The van der Waals surface area contributed by atoms with E-state index in [1.165, 1.54) is 99.4 Å². The summed E-state index contributed by atoms with van der Waals surface area (Å²) in [6.07, 6.45) is 0. The standard InChI is InChI=1S/C49H30N2O/c1-2-10-30(11-3-1)31-12-6-14-35(26-31)50-42-19-5-4-15-36(42)40-27-32(22-24-43(40)50)33-23-25-44-41(28-33)39-18-8-17-38-37-16-7-13-34-29-52-46-21-9-20-45(48(46)47(34)37)51(44)49(38)39/h1-28H,29H2. The van der Waals surface area contributed by atoms with Gasteiger partial charge in [-0.05, 0) is 88.0 Å². The lowest BCUT2D eigenvalue weighted by Gasteiger charge is -2.24. The van der Waals surface area contributed by atoms with Gasteiger partial charge in [-0.3, -0.25) is 0 Å². The normalized spacial score (nSPS) is 12.7. The molecule has 3 nitrogen and oxygen atoms in total. The lowest BCUT2D eigenvalue weighted by atomic mass is 9.88. The lowest BCUT2D eigenvalue weighted by Crippen LogP contribution is -2.08. The van der Waals surface area contributed by atoms with Gasteiger partial charge in [-0.25, -0.2) is 0 Å². The first-order valence-electron chi connectivity index (χ1n) is 18.0. The third kappa shape index (κ3) is 3.74. The second kappa shape index (κ2) is 10.3. The van der Waals surface area contributed by atoms with E-state index < -0.39 is 0 Å². The van der Waals surface area contributed by atoms with Crippen molar-refractivity contribution in [1.29, 1.82) is 0 Å². The van der Waals surface area contributed by atoms with E-state index in [1.807, 2.05) is 0 Å². The van der Waals surface area contributed by atoms with E-state index in [2.05, 4.69) is 179 Å². The average Bonchev–Trinajstić information content (AvgIpc) is 3.68. The molecule has 2 aliphatic rings. The van der Waals surface area contributed by atoms with Crippen molar-refractivity contribution in [2.75, 3.05) is 0 Å². The summed E-state index contributed by atoms with van der Waals surface area (Å²) in [5, 5.41) is 5.02. The molecule has 0 saturated heterocycles. The van der Waals surface area contributed by atoms with Crippen LogP contribution in [0.2, 0.25) is 0 Å². The molecule has 0 aliphatic carbocycles. The quantitative estimate of drug-likeness (QED) is 0.184. The van der Waals surface area contributed by atoms with Crippen LogP contribution in [0.15, 0.2) is 170 Å². The lowest BCUT2D eigenvalue weighted by molar-refractivity contribution is 0.302. The predicted molar refractivity (Wildman–Crippen MR) is 215 cm³/mol. The summed E-state index contributed by atoms with van der Waals surface area (Å²) in [7, 11) is 0. The first kappa shape index (κ1) is 27.9. The third-order valence-corrected chi connectivity index (χ3v) is 11.3. The number of hydrogen-bond acceptors (Lipinski definition) is 1. The molecule has 0 radical (unpaired) electrons. The minimum atomic E-state index is 0.595. The zero-order valence-corrected chi connectivity index (χ0v) is 28.2. The number of fused-ring (bicyclic) bond motifs is 8. The SMILES string of the molecule is c1ccc(-c2cccc(-n3c4ccccc4c4cc(-c5ccc6c(c5)c5cccc7c5n6-c5cccc6c5-c5c(cccc5-7)CO6)ccc43)c2)cc1. The molecule has 0 N–H and O–H groups in total. The molecule has 8 aromatic carbocycles. The first-order chi connectivity index (χ1) is 25.8. The van der Waals surface area contributed by atoms with Crippen LogP contribution in [0.4, 0.5) is 0 Å². The zero-order chi connectivity index (χ0) is 33.9. The van der Waals surface area contributed by atoms with Gasteiger partial charge in [0.15, 0.2) is 0 Å². The van der Waals surface area contributed by atoms with E-state index in [1.54, 1.807) is 0 Å². The van der Waals surface area contributed by atoms with E-state index in [0.717, 1.165) is 11.4 Å². The molecule has 52 heavy (non-hydrogen) atoms. The molecule has 12 rings (SSSR count). The van der Waals surface area contributed by atoms with Gasteiger partial charge in [-0.15, -0.1) is 0 Å². The van der Waals surface area contributed by atoms with Crippen molar-refractivity contribution in [1.82, 2.24) is 9.13 Å². The van der Waals surface area contributed by atoms with Crippen molar-refractivity contribution in [3.8, 4) is 61.6 Å². The van der Waals surface area contributed by atoms with Crippen LogP contribution in [-0.2, 0) is 6.61 Å². The van der Waals surface area contributed by atoms with Crippen LogP contribution in [0.3, 0.4) is 0 Å². The van der Waals surface area contributed by atoms with Gasteiger partial charge in [-0.1, -0.05) is 115 Å². The van der Waals surface area contributed by atoms with Crippen LogP contribution in [0, 0.1) is 0 Å². The minimum absolute atomic E-state index is 0.595. The smallest absolute Gasteiger partial charge is 0.129 e. The van der Waals surface area contributed by atoms with Gasteiger partial charge in [0.2, 0.25) is 0 Å². The van der Waals surface area contributed by atoms with Crippen LogP contribution >= 0.6 is 0 Å². The fraction of sp³-hybridized carbons (Fsp3) is 0.0204. The van der Waals surface area contributed by atoms with Gasteiger partial charge in [0.1, 0.15) is 12.4 Å². The Balaban J connectivity index is 1.07. The van der Waals surface area contributed by atoms with Crippen LogP contribution in [0.5, 0.6) is 5.75 Å². The Morgan fingerprint density at radius 2 is 1.06 bits per heavy atom. The van der Waals surface area contributed by atoms with E-state index >= 15 is 0 Å². The molecular formula is C49H30N2O. The molecule has 2 aromatic heterocycles. The molecule has 0 fully saturated rings. The highest BCUT2D eigenvalue weighted by Crippen LogP contribution is 2.52. The summed E-state index contributed by atoms with van der Waals surface area (Å²) in [5.41, 5.74) is 18.3. The van der Waals surface area contributed by atoms with Gasteiger partial charge in [-0.2, -0.15) is 0 Å². The van der Waals surface area contributed by atoms with Gasteiger partial charge < -0.3 is 13.9 Å². The second-order valence-corrected chi connectivity index (χ2v) is 14.0. The Hall–Kier alpha value is -6.84. The van der Waals surface area contributed by atoms with Gasteiger partial charge in [0.05, 0.1) is 27.8 Å². The van der Waals surface area contributed by atoms with Gasteiger partial charge >= 0.3 is 0 Å². The Labute approximate surface area is 300 Å². The van der Waals surface area contributed by atoms with Crippen molar-refractivity contribution in [2.45, 2.75) is 6.61 Å². The topological polar surface area (TPSA) is 19.1 Å². The molecule has 0 spiro atoms. The van der Waals surface area contributed by atoms with Gasteiger partial charge in [0.25, 0.3) is 0 Å². The van der Waals surface area contributed by atoms with Crippen molar-refractivity contribution in [3.05, 3.63) is 175 Å². The Morgan fingerprint density at radius 1 is 0.404 bits per heavy atom. The van der Waals surface area contributed by atoms with E-state index in [-0.39, 0.29) is 0 Å². The summed E-state index contributed by atoms with van der Waals surface area (Å²) in [4.78, 5) is 0. The molecule has 242 valence electrons. The van der Waals surface area contributed by atoms with Crippen molar-refractivity contribution in [2.24, 2.45) is 0 Å². The summed E-state index contributed by atoms with van der Waals surface area (Å²) in [5.74, 6) is 0.955. The fourth-order valence-electron chi connectivity index (χ4n) is 9.07. The molecule has 0 bridgehead atoms. The highest BCUT2D eigenvalue weighted by Gasteiger charge is 2.30. The monoisotopic (exact) mass is 662 g/mol. The maximum absolute atomic E-state index is 6.34. The van der Waals surface area contributed by atoms with Crippen LogP contribution in [-0.4, -0.2) is 9.13 Å². The molecule has 0 unspecified atom stereocenters. The van der Waals surface area contributed by atoms with Crippen molar-refractivity contribution < 1.29 is 4.74 Å². The molecule has 4 heterocycles. The van der Waals surface area contributed by atoms with Gasteiger partial charge in [0, 0.05) is 43.9 Å². The summed E-state index contributed by atoms with van der Waals surface area (Å²) >= 11 is 0. The average molecular weight is 663 g/mol. The minimum Gasteiger partial charge on any atom is -0.488 e. The number of rotatable bonds is 3. The maximum Gasteiger partial charge on any atom is 0.129 e. The second-order valence-electron chi connectivity index (χ2n) is 14.0. The number of hydrogen-bond donors (Lipinski definition) is 0. The Bertz CT molecular complexity index is 3130. The molecular weight excluding hydrogens is 633 g/mol. The fourth-order valence-corrected chi connectivity index (χ4v) is 9.07. The van der Waals surface area contributed by atoms with Crippen molar-refractivity contribution in [3.63, 3.8) is 0 Å². The summed E-state index contributed by atoms with van der Waals surface area (Å²) < 4.78 is 11.2. The first-order valence-corrected chi connectivity index (χ1v) is 18.0. The zero-order valence-electron chi connectivity index (χ0n) is 28.2.